The van der Waals surface area contributed by atoms with Crippen LogP contribution in [0.2, 0.25) is 0 Å². The van der Waals surface area contributed by atoms with Gasteiger partial charge in [-0.2, -0.15) is 18.3 Å². The number of aromatic nitrogens is 6. The highest BCUT2D eigenvalue weighted by Gasteiger charge is 2.34. The lowest BCUT2D eigenvalue weighted by Gasteiger charge is -2.13. The van der Waals surface area contributed by atoms with E-state index in [1.165, 1.54) is 32.7 Å². The van der Waals surface area contributed by atoms with E-state index in [1.54, 1.807) is 37.4 Å². The summed E-state index contributed by atoms with van der Waals surface area (Å²) in [6, 6.07) is 8.28. The molecule has 1 amide bonds. The Morgan fingerprint density at radius 2 is 1.64 bits per heavy atom. The summed E-state index contributed by atoms with van der Waals surface area (Å²) in [5, 5.41) is 7.38. The molecule has 4 aromatic heterocycles. The highest BCUT2D eigenvalue weighted by atomic mass is 19.4. The van der Waals surface area contributed by atoms with Crippen LogP contribution in [-0.4, -0.2) is 56.5 Å². The number of pyridine rings is 2. The van der Waals surface area contributed by atoms with Crippen molar-refractivity contribution in [1.29, 1.82) is 0 Å². The van der Waals surface area contributed by atoms with Crippen molar-refractivity contribution in [2.45, 2.75) is 13.1 Å². The molecule has 5 rings (SSSR count). The van der Waals surface area contributed by atoms with Crippen molar-refractivity contribution >= 4 is 22.6 Å². The predicted molar refractivity (Wildman–Crippen MR) is 142 cm³/mol. The summed E-state index contributed by atoms with van der Waals surface area (Å²) >= 11 is 0. The van der Waals surface area contributed by atoms with Crippen LogP contribution in [0.15, 0.2) is 61.3 Å². The van der Waals surface area contributed by atoms with Crippen LogP contribution in [0.25, 0.3) is 16.6 Å². The van der Waals surface area contributed by atoms with Gasteiger partial charge < -0.3 is 24.3 Å². The summed E-state index contributed by atoms with van der Waals surface area (Å²) in [5.41, 5.74) is 0.562. The van der Waals surface area contributed by atoms with Crippen LogP contribution in [0.5, 0.6) is 28.7 Å². The van der Waals surface area contributed by atoms with Gasteiger partial charge in [0.15, 0.2) is 22.9 Å². The Hall–Kier alpha value is -5.47. The van der Waals surface area contributed by atoms with Gasteiger partial charge in [0, 0.05) is 17.6 Å². The maximum atomic E-state index is 13.3. The molecule has 0 aliphatic carbocycles. The first-order valence-electron chi connectivity index (χ1n) is 12.3. The average molecular weight is 582 g/mol. The van der Waals surface area contributed by atoms with Crippen LogP contribution < -0.4 is 24.3 Å². The predicted octanol–water partition coefficient (Wildman–Crippen LogP) is 5.08. The van der Waals surface area contributed by atoms with Gasteiger partial charge in [0.1, 0.15) is 23.0 Å². The number of ether oxygens (including phenoxy) is 4. The molecule has 0 aliphatic rings. The number of halogens is 3. The van der Waals surface area contributed by atoms with E-state index in [0.717, 1.165) is 17.1 Å². The number of rotatable bonds is 9. The Balaban J connectivity index is 1.37. The Kier molecular flexibility index (Phi) is 7.73. The van der Waals surface area contributed by atoms with Crippen molar-refractivity contribution in [1.82, 2.24) is 29.7 Å². The van der Waals surface area contributed by atoms with Gasteiger partial charge in [-0.05, 0) is 31.2 Å². The van der Waals surface area contributed by atoms with Crippen molar-refractivity contribution in [3.05, 3.63) is 72.8 Å². The number of hydrogen-bond acceptors (Lipinski definition) is 10. The van der Waals surface area contributed by atoms with Gasteiger partial charge in [-0.1, -0.05) is 0 Å². The molecule has 0 saturated carbocycles. The topological polar surface area (TPSA) is 135 Å². The molecule has 0 atom stereocenters. The molecule has 42 heavy (non-hydrogen) atoms. The summed E-state index contributed by atoms with van der Waals surface area (Å²) in [7, 11) is 3.06. The smallest absolute Gasteiger partial charge is 0.451 e. The molecule has 216 valence electrons. The van der Waals surface area contributed by atoms with E-state index < -0.39 is 17.9 Å². The SMILES string of the molecule is CCOc1cnn(-c2cnc(C(F)(F)F)nc2)c1C(=O)Nc1ccc(Oc2ccnc3cc(OC)c(OC)cc23)cn1. The van der Waals surface area contributed by atoms with Crippen LogP contribution in [-0.2, 0) is 6.18 Å². The number of nitrogens with one attached hydrogen (secondary N) is 1. The van der Waals surface area contributed by atoms with Gasteiger partial charge in [-0.15, -0.1) is 0 Å². The molecule has 15 heteroatoms. The number of anilines is 1. The summed E-state index contributed by atoms with van der Waals surface area (Å²) in [5.74, 6) is 0.158. The molecule has 0 fully saturated rings. The molecule has 5 aromatic rings. The van der Waals surface area contributed by atoms with E-state index in [0.29, 0.717) is 33.9 Å². The number of hydrogen-bond donors (Lipinski definition) is 1. The normalized spacial score (nSPS) is 11.3. The third-order valence-corrected chi connectivity index (χ3v) is 5.80. The van der Waals surface area contributed by atoms with Crippen LogP contribution in [0.3, 0.4) is 0 Å². The highest BCUT2D eigenvalue weighted by molar-refractivity contribution is 6.04. The van der Waals surface area contributed by atoms with Crippen molar-refractivity contribution < 1.29 is 36.9 Å². The summed E-state index contributed by atoms with van der Waals surface area (Å²) in [4.78, 5) is 28.5. The Morgan fingerprint density at radius 1 is 0.905 bits per heavy atom. The van der Waals surface area contributed by atoms with E-state index >= 15 is 0 Å². The Labute approximate surface area is 236 Å². The van der Waals surface area contributed by atoms with Gasteiger partial charge in [-0.3, -0.25) is 9.78 Å². The molecule has 0 saturated heterocycles. The highest BCUT2D eigenvalue weighted by Crippen LogP contribution is 2.37. The maximum Gasteiger partial charge on any atom is 0.451 e. The molecule has 0 spiro atoms. The summed E-state index contributed by atoms with van der Waals surface area (Å²) < 4.78 is 62.0. The minimum absolute atomic E-state index is 0.0228. The second kappa shape index (κ2) is 11.6. The molecular formula is C27H22F3N7O5. The van der Waals surface area contributed by atoms with Crippen LogP contribution in [0.1, 0.15) is 23.2 Å². The van der Waals surface area contributed by atoms with Crippen LogP contribution in [0.4, 0.5) is 19.0 Å². The largest absolute Gasteiger partial charge is 0.493 e. The molecule has 12 nitrogen and oxygen atoms in total. The van der Waals surface area contributed by atoms with Crippen LogP contribution in [0, 0.1) is 0 Å². The number of alkyl halides is 3. The number of methoxy groups -OCH3 is 2. The zero-order valence-electron chi connectivity index (χ0n) is 22.3. The van der Waals surface area contributed by atoms with E-state index in [9.17, 15) is 18.0 Å². The minimum Gasteiger partial charge on any atom is -0.493 e. The van der Waals surface area contributed by atoms with E-state index in [4.69, 9.17) is 18.9 Å². The van der Waals surface area contributed by atoms with Crippen molar-refractivity contribution in [3.8, 4) is 34.4 Å². The molecule has 1 N–H and O–H groups in total. The van der Waals surface area contributed by atoms with Gasteiger partial charge >= 0.3 is 6.18 Å². The number of carbonyl (C=O) groups excluding carboxylic acids is 1. The molecule has 0 radical (unpaired) electrons. The zero-order chi connectivity index (χ0) is 29.9. The fourth-order valence-corrected chi connectivity index (χ4v) is 3.93. The van der Waals surface area contributed by atoms with Gasteiger partial charge in [-0.25, -0.2) is 19.6 Å². The standard InChI is InChI=1S/C27H22F3N7O5/c1-4-41-22-14-35-37(15-11-33-26(34-12-15)27(28,29)30)24(22)25(38)36-23-6-5-16(13-32-23)42-19-7-8-31-18-10-21(40-3)20(39-2)9-17(18)19/h5-14H,4H2,1-3H3,(H,32,36,38). The number of fused-ring (bicyclic) bond motifs is 1. The first kappa shape index (κ1) is 28.1. The monoisotopic (exact) mass is 581 g/mol. The summed E-state index contributed by atoms with van der Waals surface area (Å²) in [6.07, 6.45) is 1.37. The van der Waals surface area contributed by atoms with Crippen molar-refractivity contribution in [2.24, 2.45) is 0 Å². The zero-order valence-corrected chi connectivity index (χ0v) is 22.3. The lowest BCUT2D eigenvalue weighted by atomic mass is 10.2. The fraction of sp³-hybridized carbons (Fsp3) is 0.185. The molecule has 0 bridgehead atoms. The lowest BCUT2D eigenvalue weighted by molar-refractivity contribution is -0.145. The molecule has 0 unspecified atom stereocenters. The molecule has 1 aromatic carbocycles. The number of carbonyl (C=O) groups is 1. The minimum atomic E-state index is -4.72. The summed E-state index contributed by atoms with van der Waals surface area (Å²) in [6.45, 7) is 1.92. The second-order valence-electron chi connectivity index (χ2n) is 8.43. The third kappa shape index (κ3) is 5.70. The fourth-order valence-electron chi connectivity index (χ4n) is 3.93. The molecular weight excluding hydrogens is 559 g/mol. The second-order valence-corrected chi connectivity index (χ2v) is 8.43. The first-order valence-corrected chi connectivity index (χ1v) is 12.3. The Morgan fingerprint density at radius 3 is 2.29 bits per heavy atom. The van der Waals surface area contributed by atoms with Gasteiger partial charge in [0.05, 0.1) is 51.1 Å². The van der Waals surface area contributed by atoms with E-state index in [-0.39, 0.29) is 29.6 Å². The van der Waals surface area contributed by atoms with Crippen molar-refractivity contribution in [3.63, 3.8) is 0 Å². The number of amides is 1. The van der Waals surface area contributed by atoms with Gasteiger partial charge in [0.2, 0.25) is 5.82 Å². The van der Waals surface area contributed by atoms with Gasteiger partial charge in [0.25, 0.3) is 5.91 Å². The average Bonchev–Trinajstić information content (AvgIpc) is 3.41. The number of benzene rings is 1. The molecule has 0 aliphatic heterocycles. The van der Waals surface area contributed by atoms with Crippen molar-refractivity contribution in [2.75, 3.05) is 26.1 Å². The molecule has 4 heterocycles. The quantitative estimate of drug-likeness (QED) is 0.251. The maximum absolute atomic E-state index is 13.3. The first-order chi connectivity index (χ1) is 20.2. The number of nitrogens with zero attached hydrogens (tertiary/aromatic N) is 6. The van der Waals surface area contributed by atoms with Crippen LogP contribution >= 0.6 is 0 Å². The lowest BCUT2D eigenvalue weighted by Crippen LogP contribution is -2.19. The third-order valence-electron chi connectivity index (χ3n) is 5.80. The Bertz CT molecular complexity index is 1730. The van der Waals surface area contributed by atoms with E-state index in [2.05, 4.69) is 30.4 Å². The van der Waals surface area contributed by atoms with E-state index in [1.807, 2.05) is 0 Å².